The van der Waals surface area contributed by atoms with Crippen LogP contribution < -0.4 is 10.1 Å². The van der Waals surface area contributed by atoms with Gasteiger partial charge in [-0.15, -0.1) is 0 Å². The van der Waals surface area contributed by atoms with Crippen molar-refractivity contribution in [2.24, 2.45) is 0 Å². The van der Waals surface area contributed by atoms with E-state index in [0.29, 0.717) is 24.4 Å². The van der Waals surface area contributed by atoms with E-state index in [1.807, 2.05) is 60.7 Å². The van der Waals surface area contributed by atoms with Crippen molar-refractivity contribution in [2.75, 3.05) is 11.9 Å². The molecule has 0 aromatic heterocycles. The van der Waals surface area contributed by atoms with Gasteiger partial charge in [-0.3, -0.25) is 9.69 Å². The Morgan fingerprint density at radius 1 is 0.828 bits per heavy atom. The van der Waals surface area contributed by atoms with Gasteiger partial charge in [0.05, 0.1) is 0 Å². The molecule has 1 aliphatic heterocycles. The van der Waals surface area contributed by atoms with Crippen molar-refractivity contribution in [1.82, 2.24) is 4.90 Å². The summed E-state index contributed by atoms with van der Waals surface area (Å²) in [5.41, 5.74) is 2.91. The Hall–Kier alpha value is -3.60. The van der Waals surface area contributed by atoms with Crippen LogP contribution in [0.1, 0.15) is 12.8 Å². The van der Waals surface area contributed by atoms with Crippen LogP contribution in [0, 0.1) is 0 Å². The maximum Gasteiger partial charge on any atom is 0.415 e. The molecule has 29 heavy (non-hydrogen) atoms. The van der Waals surface area contributed by atoms with Gasteiger partial charge in [0.25, 0.3) is 0 Å². The topological polar surface area (TPSA) is 58.6 Å². The van der Waals surface area contributed by atoms with Gasteiger partial charge in [0, 0.05) is 12.2 Å². The van der Waals surface area contributed by atoms with Crippen LogP contribution in [0.15, 0.2) is 84.9 Å². The third-order valence-electron chi connectivity index (χ3n) is 5.00. The Morgan fingerprint density at radius 2 is 1.45 bits per heavy atom. The summed E-state index contributed by atoms with van der Waals surface area (Å²) in [5, 5.41) is 2.92. The summed E-state index contributed by atoms with van der Waals surface area (Å²) in [6, 6.07) is 26.1. The summed E-state index contributed by atoms with van der Waals surface area (Å²) in [4.78, 5) is 26.8. The quantitative estimate of drug-likeness (QED) is 0.690. The van der Waals surface area contributed by atoms with Gasteiger partial charge >= 0.3 is 6.09 Å². The summed E-state index contributed by atoms with van der Waals surface area (Å²) < 4.78 is 5.40. The molecule has 1 aliphatic rings. The summed E-state index contributed by atoms with van der Waals surface area (Å²) in [6.07, 6.45) is 0.903. The fraction of sp³-hybridized carbons (Fsp3) is 0.167. The van der Waals surface area contributed by atoms with Gasteiger partial charge in [-0.25, -0.2) is 4.79 Å². The van der Waals surface area contributed by atoms with Gasteiger partial charge in [0.2, 0.25) is 5.91 Å². The first-order valence-corrected chi connectivity index (χ1v) is 9.70. The van der Waals surface area contributed by atoms with Crippen molar-refractivity contribution >= 4 is 17.7 Å². The zero-order valence-electron chi connectivity index (χ0n) is 16.0. The molecule has 0 spiro atoms. The van der Waals surface area contributed by atoms with E-state index in [4.69, 9.17) is 4.74 Å². The summed E-state index contributed by atoms with van der Waals surface area (Å²) in [5.74, 6) is 0.278. The second kappa shape index (κ2) is 8.61. The minimum absolute atomic E-state index is 0.194. The van der Waals surface area contributed by atoms with Crippen LogP contribution >= 0.6 is 0 Å². The largest absolute Gasteiger partial charge is 0.415 e. The number of carbonyl (C=O) groups excluding carboxylic acids is 2. The molecular weight excluding hydrogens is 364 g/mol. The lowest BCUT2D eigenvalue weighted by atomic mass is 10.1. The van der Waals surface area contributed by atoms with Gasteiger partial charge in [-0.1, -0.05) is 60.7 Å². The minimum Gasteiger partial charge on any atom is -0.410 e. The monoisotopic (exact) mass is 386 g/mol. The molecule has 5 heteroatoms. The molecule has 0 aliphatic carbocycles. The average Bonchev–Trinajstić information content (AvgIpc) is 3.26. The molecular formula is C24H22N2O3. The highest BCUT2D eigenvalue weighted by molar-refractivity contribution is 5.97. The molecule has 1 fully saturated rings. The van der Waals surface area contributed by atoms with E-state index in [0.717, 1.165) is 17.5 Å². The van der Waals surface area contributed by atoms with Crippen molar-refractivity contribution < 1.29 is 14.3 Å². The van der Waals surface area contributed by atoms with Gasteiger partial charge in [0.15, 0.2) is 0 Å². The first-order valence-electron chi connectivity index (χ1n) is 9.70. The zero-order chi connectivity index (χ0) is 20.1. The molecule has 2 amide bonds. The van der Waals surface area contributed by atoms with Crippen molar-refractivity contribution in [2.45, 2.75) is 18.9 Å². The summed E-state index contributed by atoms with van der Waals surface area (Å²) in [6.45, 7) is 0.511. The highest BCUT2D eigenvalue weighted by Crippen LogP contribution is 2.24. The fourth-order valence-corrected chi connectivity index (χ4v) is 3.51. The van der Waals surface area contributed by atoms with E-state index in [9.17, 15) is 9.59 Å². The van der Waals surface area contributed by atoms with Crippen molar-refractivity contribution in [1.29, 1.82) is 0 Å². The molecule has 1 saturated heterocycles. The molecule has 0 radical (unpaired) electrons. The number of anilines is 1. The van der Waals surface area contributed by atoms with Crippen LogP contribution in [0.25, 0.3) is 11.1 Å². The van der Waals surface area contributed by atoms with Crippen LogP contribution in [0.4, 0.5) is 10.5 Å². The maximum absolute atomic E-state index is 12.8. The Morgan fingerprint density at radius 3 is 2.14 bits per heavy atom. The van der Waals surface area contributed by atoms with E-state index < -0.39 is 12.1 Å². The molecule has 146 valence electrons. The number of nitrogens with one attached hydrogen (secondary N) is 1. The Bertz CT molecular complexity index is 972. The number of rotatable bonds is 4. The van der Waals surface area contributed by atoms with E-state index in [1.54, 1.807) is 24.3 Å². The molecule has 0 unspecified atom stereocenters. The van der Waals surface area contributed by atoms with Crippen molar-refractivity contribution in [3.8, 4) is 16.9 Å². The minimum atomic E-state index is -0.528. The fourth-order valence-electron chi connectivity index (χ4n) is 3.51. The van der Waals surface area contributed by atoms with E-state index in [1.165, 1.54) is 4.90 Å². The second-order valence-corrected chi connectivity index (χ2v) is 6.97. The Labute approximate surface area is 169 Å². The molecule has 5 nitrogen and oxygen atoms in total. The van der Waals surface area contributed by atoms with Crippen LogP contribution in [0.3, 0.4) is 0 Å². The summed E-state index contributed by atoms with van der Waals surface area (Å²) >= 11 is 0. The first-order chi connectivity index (χ1) is 14.2. The molecule has 3 aromatic carbocycles. The number of ether oxygens (including phenoxy) is 1. The van der Waals surface area contributed by atoms with Crippen LogP contribution in [-0.2, 0) is 4.79 Å². The molecule has 3 aromatic rings. The molecule has 0 saturated carbocycles. The van der Waals surface area contributed by atoms with Gasteiger partial charge in [-0.2, -0.15) is 0 Å². The Kier molecular flexibility index (Phi) is 5.56. The number of likely N-dealkylation sites (tertiary alicyclic amines) is 1. The van der Waals surface area contributed by atoms with Crippen LogP contribution in [0.5, 0.6) is 5.75 Å². The SMILES string of the molecule is O=C(Nc1ccc(-c2ccccc2)cc1)[C@@H]1CCCN1C(=O)Oc1ccccc1. The van der Waals surface area contributed by atoms with Gasteiger partial charge < -0.3 is 10.1 Å². The lowest BCUT2D eigenvalue weighted by Gasteiger charge is -2.23. The molecule has 0 bridgehead atoms. The third kappa shape index (κ3) is 4.46. The standard InChI is InChI=1S/C24H22N2O3/c27-23(25-20-15-13-19(14-16-20)18-8-3-1-4-9-18)22-12-7-17-26(22)24(28)29-21-10-5-2-6-11-21/h1-6,8-11,13-16,22H,7,12,17H2,(H,25,27)/t22-/m0/s1. The number of amides is 2. The predicted octanol–water partition coefficient (Wildman–Crippen LogP) is 4.96. The van der Waals surface area contributed by atoms with Gasteiger partial charge in [-0.05, 0) is 48.2 Å². The van der Waals surface area contributed by atoms with E-state index >= 15 is 0 Å². The van der Waals surface area contributed by atoms with E-state index in [-0.39, 0.29) is 5.91 Å². The predicted molar refractivity (Wildman–Crippen MR) is 113 cm³/mol. The molecule has 1 N–H and O–H groups in total. The normalized spacial score (nSPS) is 15.7. The third-order valence-corrected chi connectivity index (χ3v) is 5.00. The number of hydrogen-bond donors (Lipinski definition) is 1. The van der Waals surface area contributed by atoms with Crippen molar-refractivity contribution in [3.05, 3.63) is 84.9 Å². The molecule has 1 atom stereocenters. The highest BCUT2D eigenvalue weighted by Gasteiger charge is 2.35. The lowest BCUT2D eigenvalue weighted by Crippen LogP contribution is -2.44. The summed E-state index contributed by atoms with van der Waals surface area (Å²) in [7, 11) is 0. The number of nitrogens with zero attached hydrogens (tertiary/aromatic N) is 1. The molecule has 1 heterocycles. The van der Waals surface area contributed by atoms with Gasteiger partial charge in [0.1, 0.15) is 11.8 Å². The van der Waals surface area contributed by atoms with Crippen molar-refractivity contribution in [3.63, 3.8) is 0 Å². The maximum atomic E-state index is 12.8. The smallest absolute Gasteiger partial charge is 0.410 e. The van der Waals surface area contributed by atoms with Crippen LogP contribution in [0.2, 0.25) is 0 Å². The Balaban J connectivity index is 1.40. The number of benzene rings is 3. The lowest BCUT2D eigenvalue weighted by molar-refractivity contribution is -0.119. The number of para-hydroxylation sites is 1. The van der Waals surface area contributed by atoms with E-state index in [2.05, 4.69) is 5.32 Å². The molecule has 4 rings (SSSR count). The highest BCUT2D eigenvalue weighted by atomic mass is 16.6. The number of carbonyl (C=O) groups is 2. The van der Waals surface area contributed by atoms with Crippen LogP contribution in [-0.4, -0.2) is 29.5 Å². The zero-order valence-corrected chi connectivity index (χ0v) is 16.0. The first kappa shape index (κ1) is 18.7. The second-order valence-electron chi connectivity index (χ2n) is 6.97. The number of hydrogen-bond acceptors (Lipinski definition) is 3. The average molecular weight is 386 g/mol.